The lowest BCUT2D eigenvalue weighted by Gasteiger charge is -2.41. The van der Waals surface area contributed by atoms with Gasteiger partial charge in [0.05, 0.1) is 16.4 Å². The molecule has 0 aliphatic carbocycles. The molecule has 0 saturated carbocycles. The van der Waals surface area contributed by atoms with E-state index >= 15 is 0 Å². The molecule has 3 aromatic carbocycles. The molecule has 3 aromatic rings. The number of anilines is 1. The van der Waals surface area contributed by atoms with Crippen LogP contribution in [0.3, 0.4) is 0 Å². The lowest BCUT2D eigenvalue weighted by atomic mass is 9.94. The Kier molecular flexibility index (Phi) is 21.0. The summed E-state index contributed by atoms with van der Waals surface area (Å²) in [6.45, 7) is 9.46. The summed E-state index contributed by atoms with van der Waals surface area (Å²) in [6.07, 6.45) is 3.92. The Hall–Kier alpha value is -5.22. The van der Waals surface area contributed by atoms with Crippen molar-refractivity contribution in [2.45, 2.75) is 125 Å². The number of alkyl carbamates (subject to hydrolysis) is 1. The number of likely N-dealkylation sites (tertiary alicyclic amines) is 1. The molecule has 3 amide bonds. The predicted molar refractivity (Wildman–Crippen MR) is 282 cm³/mol. The first-order valence-corrected chi connectivity index (χ1v) is 27.3. The zero-order chi connectivity index (χ0) is 52.6. The molecule has 2 unspecified atom stereocenters. The van der Waals surface area contributed by atoms with Crippen molar-refractivity contribution in [2.75, 3.05) is 78.4 Å². The molecule has 18 nitrogen and oxygen atoms in total. The number of ether oxygens (including phenoxy) is 3. The van der Waals surface area contributed by atoms with Gasteiger partial charge in [-0.3, -0.25) is 19.3 Å². The average Bonchev–Trinajstić information content (AvgIpc) is 3.41. The number of carboxylic acids is 1. The zero-order valence-electron chi connectivity index (χ0n) is 43.0. The van der Waals surface area contributed by atoms with Gasteiger partial charge in [0.25, 0.3) is 5.91 Å². The van der Waals surface area contributed by atoms with Gasteiger partial charge in [-0.2, -0.15) is 0 Å². The first-order valence-electron chi connectivity index (χ1n) is 25.5. The van der Waals surface area contributed by atoms with Gasteiger partial charge in [0.1, 0.15) is 23.1 Å². The van der Waals surface area contributed by atoms with E-state index in [1.165, 1.54) is 29.2 Å². The molecule has 73 heavy (non-hydrogen) atoms. The number of rotatable bonds is 20. The number of carbonyl (C=O) groups excluding carboxylic acids is 3. The fourth-order valence-corrected chi connectivity index (χ4v) is 11.5. The van der Waals surface area contributed by atoms with Crippen LogP contribution in [0, 0.1) is 0 Å². The number of unbranched alkanes of at least 4 members (excludes halogenated alkanes) is 2. The quantitative estimate of drug-likeness (QED) is 0.0531. The molecule has 3 saturated heterocycles. The SMILES string of the molecule is CN1CCN(CC(=O)O)CC(Cc2ccc(NC(=S)CCCCC[C@H](NC(=O)OC(C)(C)C)C(=O)N3CCC(C(=O)NOC4CCCCO4)(S(=O)(=O)c4ccc(Oc5ccccc5)cc4)CC3)cc2)N(C)CC1. The van der Waals surface area contributed by atoms with Gasteiger partial charge in [-0.1, -0.05) is 55.4 Å². The normalized spacial score (nSPS) is 19.8. The first-order chi connectivity index (χ1) is 34.8. The summed E-state index contributed by atoms with van der Waals surface area (Å²) in [5, 5.41) is 15.6. The number of para-hydroxylation sites is 1. The van der Waals surface area contributed by atoms with Crippen molar-refractivity contribution >= 4 is 56.6 Å². The number of nitrogens with one attached hydrogen (secondary N) is 3. The third-order valence-corrected chi connectivity index (χ3v) is 16.3. The molecule has 3 aliphatic heterocycles. The second kappa shape index (κ2) is 26.8. The Labute approximate surface area is 436 Å². The van der Waals surface area contributed by atoms with E-state index < -0.39 is 56.4 Å². The molecular formula is C53H75N7O11S2. The van der Waals surface area contributed by atoms with E-state index in [0.29, 0.717) is 61.9 Å². The minimum Gasteiger partial charge on any atom is -0.480 e. The Bertz CT molecular complexity index is 2390. The van der Waals surface area contributed by atoms with Crippen molar-refractivity contribution in [2.24, 2.45) is 0 Å². The van der Waals surface area contributed by atoms with Crippen LogP contribution < -0.4 is 20.9 Å². The number of aliphatic carboxylic acids is 1. The fourth-order valence-electron chi connectivity index (χ4n) is 9.24. The van der Waals surface area contributed by atoms with Crippen LogP contribution in [-0.2, 0) is 45.0 Å². The smallest absolute Gasteiger partial charge is 0.408 e. The summed E-state index contributed by atoms with van der Waals surface area (Å²) in [4.78, 5) is 67.5. The Morgan fingerprint density at radius 3 is 2.21 bits per heavy atom. The van der Waals surface area contributed by atoms with Gasteiger partial charge in [-0.05, 0) is 140 Å². The molecule has 6 rings (SSSR count). The molecule has 3 aliphatic rings. The minimum absolute atomic E-state index is 0.0106. The Morgan fingerprint density at radius 1 is 0.863 bits per heavy atom. The molecule has 0 aromatic heterocycles. The molecule has 0 spiro atoms. The largest absolute Gasteiger partial charge is 0.480 e. The van der Waals surface area contributed by atoms with E-state index in [4.69, 9.17) is 31.3 Å². The predicted octanol–water partition coefficient (Wildman–Crippen LogP) is 6.65. The third-order valence-electron chi connectivity index (χ3n) is 13.5. The third kappa shape index (κ3) is 17.2. The highest BCUT2D eigenvalue weighted by molar-refractivity contribution is 7.93. The number of benzene rings is 3. The van der Waals surface area contributed by atoms with Gasteiger partial charge < -0.3 is 44.7 Å². The van der Waals surface area contributed by atoms with E-state index in [1.54, 1.807) is 32.9 Å². The van der Waals surface area contributed by atoms with Gasteiger partial charge in [0.2, 0.25) is 5.91 Å². The average molecular weight is 1050 g/mol. The van der Waals surface area contributed by atoms with Crippen molar-refractivity contribution in [1.29, 1.82) is 0 Å². The molecule has 4 N–H and O–H groups in total. The van der Waals surface area contributed by atoms with Crippen LogP contribution in [0.2, 0.25) is 0 Å². The van der Waals surface area contributed by atoms with Crippen LogP contribution in [0.25, 0.3) is 0 Å². The topological polar surface area (TPSA) is 209 Å². The molecule has 400 valence electrons. The molecule has 3 fully saturated rings. The summed E-state index contributed by atoms with van der Waals surface area (Å²) < 4.78 is 44.4. The van der Waals surface area contributed by atoms with Crippen LogP contribution in [0.1, 0.15) is 90.5 Å². The number of sulfone groups is 1. The van der Waals surface area contributed by atoms with Gasteiger partial charge in [-0.25, -0.2) is 23.5 Å². The van der Waals surface area contributed by atoms with E-state index in [2.05, 4.69) is 52.1 Å². The van der Waals surface area contributed by atoms with Crippen LogP contribution in [-0.4, -0.2) is 164 Å². The number of nitrogens with zero attached hydrogens (tertiary/aromatic N) is 4. The van der Waals surface area contributed by atoms with Gasteiger partial charge >= 0.3 is 12.1 Å². The second-order valence-electron chi connectivity index (χ2n) is 20.4. The number of amides is 3. The molecule has 20 heteroatoms. The number of carboxylic acid groups (broad SMARTS) is 1. The number of piperidine rings is 1. The van der Waals surface area contributed by atoms with Crippen LogP contribution in [0.15, 0.2) is 83.8 Å². The lowest BCUT2D eigenvalue weighted by Crippen LogP contribution is -2.60. The number of hydrogen-bond donors (Lipinski definition) is 4. The van der Waals surface area contributed by atoms with E-state index in [9.17, 15) is 32.7 Å². The molecule has 0 bridgehead atoms. The van der Waals surface area contributed by atoms with Crippen molar-refractivity contribution in [3.8, 4) is 11.5 Å². The number of thiocarbonyl (C=S) groups is 1. The van der Waals surface area contributed by atoms with Crippen molar-refractivity contribution < 1.29 is 51.8 Å². The van der Waals surface area contributed by atoms with Crippen LogP contribution >= 0.6 is 12.2 Å². The highest BCUT2D eigenvalue weighted by Crippen LogP contribution is 2.38. The second-order valence-corrected chi connectivity index (χ2v) is 23.1. The lowest BCUT2D eigenvalue weighted by molar-refractivity contribution is -0.202. The van der Waals surface area contributed by atoms with Crippen molar-refractivity contribution in [3.63, 3.8) is 0 Å². The summed E-state index contributed by atoms with van der Waals surface area (Å²) in [5.41, 5.74) is 3.60. The maximum Gasteiger partial charge on any atom is 0.408 e. The maximum absolute atomic E-state index is 14.7. The van der Waals surface area contributed by atoms with Gasteiger partial charge in [0.15, 0.2) is 20.9 Å². The van der Waals surface area contributed by atoms with Crippen molar-refractivity contribution in [3.05, 3.63) is 84.4 Å². The minimum atomic E-state index is -4.39. The number of carbonyl (C=O) groups is 4. The maximum atomic E-state index is 14.7. The molecule has 0 radical (unpaired) electrons. The standard InChI is InChI=1S/C53H75N7O11S2/c1-52(2,3)70-51(65)55-45(16-10-7-11-17-46(72)54-40-21-19-39(20-22-40)36-41-37-59(38-47(61)62)34-32-57(4)31-33-58(41)5)49(63)60-29-27-53(28-30-60,50(64)56-71-48-18-12-13-35-68-48)73(66,67)44-25-23-43(24-26-44)69-42-14-8-6-9-15-42/h6,8-9,14-15,19-26,41,45,48H,7,10-13,16-18,27-38H2,1-5H3,(H,54,72)(H,55,65)(H,56,64)(H,61,62)/t41?,45-,48?/m0/s1. The summed E-state index contributed by atoms with van der Waals surface area (Å²) in [6, 6.07) is 22.3. The van der Waals surface area contributed by atoms with E-state index in [-0.39, 0.29) is 49.8 Å². The number of hydroxylamine groups is 1. The summed E-state index contributed by atoms with van der Waals surface area (Å²) in [5.74, 6) is -1.10. The fraction of sp³-hybridized carbons (Fsp3) is 0.566. The highest BCUT2D eigenvalue weighted by atomic mass is 32.2. The number of likely N-dealkylation sites (N-methyl/N-ethyl adjacent to an activating group) is 2. The van der Waals surface area contributed by atoms with Crippen molar-refractivity contribution in [1.82, 2.24) is 30.4 Å². The van der Waals surface area contributed by atoms with E-state index in [0.717, 1.165) is 56.6 Å². The summed E-state index contributed by atoms with van der Waals surface area (Å²) in [7, 11) is -0.226. The zero-order valence-corrected chi connectivity index (χ0v) is 44.6. The monoisotopic (exact) mass is 1050 g/mol. The van der Waals surface area contributed by atoms with Crippen LogP contribution in [0.4, 0.5) is 10.5 Å². The van der Waals surface area contributed by atoms with Gasteiger partial charge in [0, 0.05) is 70.6 Å². The number of hydrogen-bond acceptors (Lipinski definition) is 14. The first kappa shape index (κ1) is 57.1. The Morgan fingerprint density at radius 2 is 1.55 bits per heavy atom. The molecular weight excluding hydrogens is 975 g/mol. The molecule has 3 heterocycles. The van der Waals surface area contributed by atoms with E-state index in [1.807, 2.05) is 35.2 Å². The van der Waals surface area contributed by atoms with Gasteiger partial charge in [-0.15, -0.1) is 0 Å². The Balaban J connectivity index is 1.05. The summed E-state index contributed by atoms with van der Waals surface area (Å²) >= 11 is 5.72. The van der Waals surface area contributed by atoms with Crippen LogP contribution in [0.5, 0.6) is 11.5 Å². The molecule has 3 atom stereocenters. The highest BCUT2D eigenvalue weighted by Gasteiger charge is 2.54.